The van der Waals surface area contributed by atoms with Crippen molar-refractivity contribution >= 4 is 11.9 Å². The summed E-state index contributed by atoms with van der Waals surface area (Å²) in [4.78, 5) is 16.3. The Morgan fingerprint density at radius 3 is 2.55 bits per heavy atom. The minimum Gasteiger partial charge on any atom is -0.356 e. The fourth-order valence-corrected chi connectivity index (χ4v) is 1.89. The Hall–Kier alpha value is -2.04. The molecule has 22 heavy (non-hydrogen) atoms. The second-order valence-electron chi connectivity index (χ2n) is 6.26. The van der Waals surface area contributed by atoms with Gasteiger partial charge in [-0.1, -0.05) is 19.1 Å². The Morgan fingerprint density at radius 2 is 1.95 bits per heavy atom. The molecule has 0 unspecified atom stereocenters. The first-order valence-corrected chi connectivity index (χ1v) is 7.71. The number of carbonyl (C=O) groups is 1. The number of hydrogen-bond acceptors (Lipinski definition) is 2. The number of carbonyl (C=O) groups excluding carboxylic acids is 1. The minimum atomic E-state index is -0.239. The van der Waals surface area contributed by atoms with Gasteiger partial charge in [-0.05, 0) is 44.9 Å². The molecule has 1 aromatic carbocycles. The molecule has 0 radical (unpaired) electrons. The molecule has 1 amide bonds. The van der Waals surface area contributed by atoms with E-state index in [1.165, 1.54) is 0 Å². The van der Waals surface area contributed by atoms with Gasteiger partial charge in [0.15, 0.2) is 5.96 Å². The maximum atomic E-state index is 12.2. The van der Waals surface area contributed by atoms with Crippen molar-refractivity contribution in [2.45, 2.75) is 46.2 Å². The quantitative estimate of drug-likeness (QED) is 0.577. The first kappa shape index (κ1) is 18.0. The van der Waals surface area contributed by atoms with Gasteiger partial charge in [-0.25, -0.2) is 0 Å². The molecule has 1 aromatic rings. The van der Waals surface area contributed by atoms with E-state index in [0.717, 1.165) is 24.5 Å². The van der Waals surface area contributed by atoms with E-state index in [1.807, 2.05) is 45.0 Å². The van der Waals surface area contributed by atoms with Crippen molar-refractivity contribution in [1.29, 1.82) is 0 Å². The highest BCUT2D eigenvalue weighted by Gasteiger charge is 2.15. The Kier molecular flexibility index (Phi) is 6.89. The lowest BCUT2D eigenvalue weighted by Crippen LogP contribution is -2.40. The molecule has 0 heterocycles. The molecular weight excluding hydrogens is 276 g/mol. The van der Waals surface area contributed by atoms with E-state index in [9.17, 15) is 4.79 Å². The molecular formula is C17H28N4O. The molecule has 0 spiro atoms. The summed E-state index contributed by atoms with van der Waals surface area (Å²) < 4.78 is 0. The zero-order chi connectivity index (χ0) is 16.6. The molecule has 5 nitrogen and oxygen atoms in total. The van der Waals surface area contributed by atoms with E-state index >= 15 is 0 Å². The van der Waals surface area contributed by atoms with Crippen LogP contribution in [0.2, 0.25) is 0 Å². The highest BCUT2D eigenvalue weighted by molar-refractivity contribution is 5.94. The summed E-state index contributed by atoms with van der Waals surface area (Å²) in [6.45, 7) is 9.53. The van der Waals surface area contributed by atoms with Crippen LogP contribution in [0.1, 0.15) is 50.0 Å². The van der Waals surface area contributed by atoms with Crippen LogP contribution < -0.4 is 16.0 Å². The molecule has 5 heteroatoms. The average Bonchev–Trinajstić information content (AvgIpc) is 2.46. The summed E-state index contributed by atoms with van der Waals surface area (Å²) in [6.07, 6.45) is 1.04. The highest BCUT2D eigenvalue weighted by atomic mass is 16.1. The molecule has 122 valence electrons. The molecule has 0 bridgehead atoms. The van der Waals surface area contributed by atoms with Crippen molar-refractivity contribution in [2.24, 2.45) is 4.99 Å². The second-order valence-corrected chi connectivity index (χ2v) is 6.26. The molecule has 0 atom stereocenters. The van der Waals surface area contributed by atoms with Gasteiger partial charge in [-0.3, -0.25) is 9.79 Å². The van der Waals surface area contributed by atoms with Crippen molar-refractivity contribution in [3.63, 3.8) is 0 Å². The van der Waals surface area contributed by atoms with Gasteiger partial charge in [-0.15, -0.1) is 0 Å². The smallest absolute Gasteiger partial charge is 0.251 e. The maximum Gasteiger partial charge on any atom is 0.251 e. The molecule has 0 fully saturated rings. The van der Waals surface area contributed by atoms with Gasteiger partial charge >= 0.3 is 0 Å². The van der Waals surface area contributed by atoms with E-state index in [-0.39, 0.29) is 11.4 Å². The topological polar surface area (TPSA) is 65.5 Å². The number of aliphatic imine (C=N–C) groups is 1. The van der Waals surface area contributed by atoms with Crippen LogP contribution in [0.5, 0.6) is 0 Å². The number of hydrogen-bond donors (Lipinski definition) is 3. The number of benzene rings is 1. The monoisotopic (exact) mass is 304 g/mol. The van der Waals surface area contributed by atoms with Crippen molar-refractivity contribution < 1.29 is 4.79 Å². The Labute approximate surface area is 133 Å². The Morgan fingerprint density at radius 1 is 1.23 bits per heavy atom. The lowest BCUT2D eigenvalue weighted by molar-refractivity contribution is 0.0919. The van der Waals surface area contributed by atoms with E-state index in [1.54, 1.807) is 7.05 Å². The van der Waals surface area contributed by atoms with Crippen LogP contribution in [-0.2, 0) is 6.54 Å². The first-order chi connectivity index (χ1) is 10.4. The van der Waals surface area contributed by atoms with Crippen LogP contribution in [0, 0.1) is 0 Å². The van der Waals surface area contributed by atoms with Crippen molar-refractivity contribution in [3.8, 4) is 0 Å². The SMILES string of the molecule is CCCNC(=NC)NCc1cccc(C(=O)NC(C)(C)C)c1. The number of nitrogens with one attached hydrogen (secondary N) is 3. The molecule has 0 saturated carbocycles. The molecule has 0 saturated heterocycles. The first-order valence-electron chi connectivity index (χ1n) is 7.71. The van der Waals surface area contributed by atoms with E-state index in [2.05, 4.69) is 27.9 Å². The summed E-state index contributed by atoms with van der Waals surface area (Å²) in [6, 6.07) is 7.63. The third-order valence-corrected chi connectivity index (χ3v) is 2.90. The molecule has 0 aromatic heterocycles. The summed E-state index contributed by atoms with van der Waals surface area (Å²) >= 11 is 0. The van der Waals surface area contributed by atoms with Gasteiger partial charge in [0, 0.05) is 31.2 Å². The maximum absolute atomic E-state index is 12.2. The predicted molar refractivity (Wildman–Crippen MR) is 92.2 cm³/mol. The van der Waals surface area contributed by atoms with Gasteiger partial charge in [0.2, 0.25) is 0 Å². The molecule has 1 rings (SSSR count). The van der Waals surface area contributed by atoms with Crippen molar-refractivity contribution in [2.75, 3.05) is 13.6 Å². The zero-order valence-electron chi connectivity index (χ0n) is 14.3. The summed E-state index contributed by atoms with van der Waals surface area (Å²) in [5.41, 5.74) is 1.48. The van der Waals surface area contributed by atoms with Crippen LogP contribution in [-0.4, -0.2) is 31.0 Å². The third-order valence-electron chi connectivity index (χ3n) is 2.90. The van der Waals surface area contributed by atoms with Gasteiger partial charge in [-0.2, -0.15) is 0 Å². The lowest BCUT2D eigenvalue weighted by atomic mass is 10.1. The van der Waals surface area contributed by atoms with Crippen LogP contribution >= 0.6 is 0 Å². The highest BCUT2D eigenvalue weighted by Crippen LogP contribution is 2.08. The lowest BCUT2D eigenvalue weighted by Gasteiger charge is -2.20. The number of guanidine groups is 1. The summed E-state index contributed by atoms with van der Waals surface area (Å²) in [5.74, 6) is 0.717. The largest absolute Gasteiger partial charge is 0.356 e. The van der Waals surface area contributed by atoms with Crippen molar-refractivity contribution in [3.05, 3.63) is 35.4 Å². The van der Waals surface area contributed by atoms with Crippen LogP contribution in [0.25, 0.3) is 0 Å². The van der Waals surface area contributed by atoms with E-state index in [4.69, 9.17) is 0 Å². The van der Waals surface area contributed by atoms with E-state index in [0.29, 0.717) is 12.1 Å². The fraction of sp³-hybridized carbons (Fsp3) is 0.529. The standard InChI is InChI=1S/C17H28N4O/c1-6-10-19-16(18-5)20-12-13-8-7-9-14(11-13)15(22)21-17(2,3)4/h7-9,11H,6,10,12H2,1-5H3,(H,21,22)(H2,18,19,20). The molecule has 3 N–H and O–H groups in total. The summed E-state index contributed by atoms with van der Waals surface area (Å²) in [7, 11) is 1.75. The third kappa shape index (κ3) is 6.61. The predicted octanol–water partition coefficient (Wildman–Crippen LogP) is 2.29. The molecule has 0 aliphatic carbocycles. The molecule has 0 aliphatic rings. The fourth-order valence-electron chi connectivity index (χ4n) is 1.89. The van der Waals surface area contributed by atoms with Crippen LogP contribution in [0.4, 0.5) is 0 Å². The number of nitrogens with zero attached hydrogens (tertiary/aromatic N) is 1. The Bertz CT molecular complexity index is 518. The molecule has 0 aliphatic heterocycles. The zero-order valence-corrected chi connectivity index (χ0v) is 14.3. The normalized spacial score (nSPS) is 12.0. The minimum absolute atomic E-state index is 0.0529. The van der Waals surface area contributed by atoms with Crippen LogP contribution in [0.3, 0.4) is 0 Å². The van der Waals surface area contributed by atoms with Gasteiger partial charge in [0.05, 0.1) is 0 Å². The Balaban J connectivity index is 2.66. The van der Waals surface area contributed by atoms with E-state index < -0.39 is 0 Å². The summed E-state index contributed by atoms with van der Waals surface area (Å²) in [5, 5.41) is 9.43. The van der Waals surface area contributed by atoms with Gasteiger partial charge in [0.1, 0.15) is 0 Å². The van der Waals surface area contributed by atoms with Crippen LogP contribution in [0.15, 0.2) is 29.3 Å². The van der Waals surface area contributed by atoms with Gasteiger partial charge in [0.25, 0.3) is 5.91 Å². The number of amides is 1. The van der Waals surface area contributed by atoms with Crippen molar-refractivity contribution in [1.82, 2.24) is 16.0 Å². The number of rotatable bonds is 5. The average molecular weight is 304 g/mol. The second kappa shape index (κ2) is 8.41. The van der Waals surface area contributed by atoms with Gasteiger partial charge < -0.3 is 16.0 Å².